The van der Waals surface area contributed by atoms with Crippen molar-refractivity contribution in [2.45, 2.75) is 37.9 Å². The summed E-state index contributed by atoms with van der Waals surface area (Å²) in [7, 11) is 0. The lowest BCUT2D eigenvalue weighted by Gasteiger charge is -2.31. The fourth-order valence-electron chi connectivity index (χ4n) is 2.81. The summed E-state index contributed by atoms with van der Waals surface area (Å²) in [5.41, 5.74) is -0.299. The average molecular weight is 300 g/mol. The normalized spacial score (nSPS) is 22.9. The van der Waals surface area contributed by atoms with Crippen LogP contribution in [-0.2, 0) is 11.0 Å². The van der Waals surface area contributed by atoms with Crippen LogP contribution < -0.4 is 10.6 Å². The van der Waals surface area contributed by atoms with Crippen molar-refractivity contribution in [3.63, 3.8) is 0 Å². The zero-order chi connectivity index (χ0) is 15.5. The minimum atomic E-state index is -4.36. The summed E-state index contributed by atoms with van der Waals surface area (Å²) in [4.78, 5) is 11.9. The van der Waals surface area contributed by atoms with E-state index in [1.165, 1.54) is 12.1 Å². The highest BCUT2D eigenvalue weighted by molar-refractivity contribution is 5.81. The summed E-state index contributed by atoms with van der Waals surface area (Å²) in [6.07, 6.45) is -3.37. The van der Waals surface area contributed by atoms with E-state index >= 15 is 0 Å². The standard InChI is InChI=1S/C15H19F3N2O/c1-2-19-14(21)13-9-10(7-8-20-13)11-5-3-4-6-12(11)15(16,17)18/h3-6,10,13,20H,2,7-9H2,1H3,(H,19,21). The van der Waals surface area contributed by atoms with Gasteiger partial charge in [0.1, 0.15) is 0 Å². The van der Waals surface area contributed by atoms with Crippen LogP contribution in [0, 0.1) is 0 Å². The molecule has 116 valence electrons. The van der Waals surface area contributed by atoms with Crippen LogP contribution in [0.1, 0.15) is 36.8 Å². The molecule has 0 radical (unpaired) electrons. The number of halogens is 3. The molecular weight excluding hydrogens is 281 g/mol. The third-order valence-corrected chi connectivity index (χ3v) is 3.78. The SMILES string of the molecule is CCNC(=O)C1CC(c2ccccc2C(F)(F)F)CCN1. The minimum absolute atomic E-state index is 0.147. The highest BCUT2D eigenvalue weighted by atomic mass is 19.4. The van der Waals surface area contributed by atoms with Crippen LogP contribution in [0.5, 0.6) is 0 Å². The third kappa shape index (κ3) is 3.75. The van der Waals surface area contributed by atoms with E-state index in [0.717, 1.165) is 6.07 Å². The second-order valence-electron chi connectivity index (χ2n) is 5.21. The predicted molar refractivity (Wildman–Crippen MR) is 73.9 cm³/mol. The van der Waals surface area contributed by atoms with Gasteiger partial charge in [-0.25, -0.2) is 0 Å². The second-order valence-corrected chi connectivity index (χ2v) is 5.21. The molecule has 0 bridgehead atoms. The Kier molecular flexibility index (Phi) is 4.88. The second kappa shape index (κ2) is 6.47. The van der Waals surface area contributed by atoms with Crippen molar-refractivity contribution in [3.05, 3.63) is 35.4 Å². The Bertz CT molecular complexity index is 502. The number of hydrogen-bond donors (Lipinski definition) is 2. The first kappa shape index (κ1) is 15.8. The number of amides is 1. The number of hydrogen-bond acceptors (Lipinski definition) is 2. The van der Waals surface area contributed by atoms with Gasteiger partial charge in [0.25, 0.3) is 0 Å². The molecule has 2 atom stereocenters. The maximum atomic E-state index is 13.1. The molecule has 0 aliphatic carbocycles. The van der Waals surface area contributed by atoms with Crippen molar-refractivity contribution in [1.29, 1.82) is 0 Å². The summed E-state index contributed by atoms with van der Waals surface area (Å²) >= 11 is 0. The van der Waals surface area contributed by atoms with Gasteiger partial charge in [-0.2, -0.15) is 13.2 Å². The van der Waals surface area contributed by atoms with Gasteiger partial charge in [0.15, 0.2) is 0 Å². The first-order valence-corrected chi connectivity index (χ1v) is 7.10. The molecule has 2 unspecified atom stereocenters. The smallest absolute Gasteiger partial charge is 0.355 e. The molecule has 2 rings (SSSR count). The van der Waals surface area contributed by atoms with E-state index < -0.39 is 17.8 Å². The number of carbonyl (C=O) groups is 1. The molecule has 0 spiro atoms. The first-order valence-electron chi connectivity index (χ1n) is 7.10. The Morgan fingerprint density at radius 3 is 2.76 bits per heavy atom. The highest BCUT2D eigenvalue weighted by Gasteiger charge is 2.36. The van der Waals surface area contributed by atoms with Gasteiger partial charge in [-0.1, -0.05) is 18.2 Å². The maximum absolute atomic E-state index is 13.1. The molecule has 2 N–H and O–H groups in total. The molecule has 3 nitrogen and oxygen atoms in total. The van der Waals surface area contributed by atoms with Crippen LogP contribution in [0.15, 0.2) is 24.3 Å². The van der Waals surface area contributed by atoms with Crippen LogP contribution in [0.3, 0.4) is 0 Å². The minimum Gasteiger partial charge on any atom is -0.355 e. The Labute approximate surface area is 121 Å². The molecule has 1 saturated heterocycles. The van der Waals surface area contributed by atoms with Gasteiger partial charge in [0.2, 0.25) is 5.91 Å². The molecule has 1 heterocycles. The van der Waals surface area contributed by atoms with E-state index in [0.29, 0.717) is 31.5 Å². The van der Waals surface area contributed by atoms with Crippen molar-refractivity contribution < 1.29 is 18.0 Å². The quantitative estimate of drug-likeness (QED) is 0.901. The Hall–Kier alpha value is -1.56. The van der Waals surface area contributed by atoms with Crippen molar-refractivity contribution in [2.75, 3.05) is 13.1 Å². The predicted octanol–water partition coefficient (Wildman–Crippen LogP) is 2.68. The van der Waals surface area contributed by atoms with Gasteiger partial charge in [-0.3, -0.25) is 4.79 Å². The van der Waals surface area contributed by atoms with Crippen LogP contribution >= 0.6 is 0 Å². The molecule has 0 aromatic heterocycles. The van der Waals surface area contributed by atoms with Gasteiger partial charge >= 0.3 is 6.18 Å². The fraction of sp³-hybridized carbons (Fsp3) is 0.533. The highest BCUT2D eigenvalue weighted by Crippen LogP contribution is 2.38. The summed E-state index contributed by atoms with van der Waals surface area (Å²) in [6.45, 7) is 2.87. The van der Waals surface area contributed by atoms with E-state index in [1.807, 2.05) is 6.92 Å². The number of alkyl halides is 3. The van der Waals surface area contributed by atoms with Crippen LogP contribution in [-0.4, -0.2) is 25.0 Å². The largest absolute Gasteiger partial charge is 0.416 e. The number of carbonyl (C=O) groups excluding carboxylic acids is 1. The van der Waals surface area contributed by atoms with E-state index in [9.17, 15) is 18.0 Å². The van der Waals surface area contributed by atoms with Gasteiger partial charge < -0.3 is 10.6 Å². The van der Waals surface area contributed by atoms with E-state index in [2.05, 4.69) is 10.6 Å². The Balaban J connectivity index is 2.20. The molecule has 1 amide bonds. The number of nitrogens with one attached hydrogen (secondary N) is 2. The molecule has 0 saturated carbocycles. The molecule has 1 aromatic rings. The summed E-state index contributed by atoms with van der Waals surface area (Å²) in [5, 5.41) is 5.78. The number of piperidine rings is 1. The number of likely N-dealkylation sites (N-methyl/N-ethyl adjacent to an activating group) is 1. The monoisotopic (exact) mass is 300 g/mol. The molecule has 21 heavy (non-hydrogen) atoms. The third-order valence-electron chi connectivity index (χ3n) is 3.78. The maximum Gasteiger partial charge on any atom is 0.416 e. The molecule has 1 fully saturated rings. The van der Waals surface area contributed by atoms with E-state index in [-0.39, 0.29) is 11.8 Å². The van der Waals surface area contributed by atoms with Crippen LogP contribution in [0.4, 0.5) is 13.2 Å². The van der Waals surface area contributed by atoms with Crippen molar-refractivity contribution in [2.24, 2.45) is 0 Å². The molecule has 1 aliphatic rings. The van der Waals surface area contributed by atoms with E-state index in [4.69, 9.17) is 0 Å². The zero-order valence-corrected chi connectivity index (χ0v) is 11.8. The number of rotatable bonds is 3. The molecule has 1 aliphatic heterocycles. The molecule has 1 aromatic carbocycles. The Morgan fingerprint density at radius 1 is 1.38 bits per heavy atom. The zero-order valence-electron chi connectivity index (χ0n) is 11.8. The lowest BCUT2D eigenvalue weighted by atomic mass is 9.83. The topological polar surface area (TPSA) is 41.1 Å². The lowest BCUT2D eigenvalue weighted by molar-refractivity contribution is -0.138. The lowest BCUT2D eigenvalue weighted by Crippen LogP contribution is -2.48. The summed E-state index contributed by atoms with van der Waals surface area (Å²) < 4.78 is 39.3. The van der Waals surface area contributed by atoms with Crippen LogP contribution in [0.2, 0.25) is 0 Å². The van der Waals surface area contributed by atoms with Crippen molar-refractivity contribution in [3.8, 4) is 0 Å². The van der Waals surface area contributed by atoms with Gasteiger partial charge in [-0.15, -0.1) is 0 Å². The van der Waals surface area contributed by atoms with Gasteiger partial charge in [-0.05, 0) is 43.9 Å². The van der Waals surface area contributed by atoms with Crippen LogP contribution in [0.25, 0.3) is 0 Å². The van der Waals surface area contributed by atoms with Crippen molar-refractivity contribution in [1.82, 2.24) is 10.6 Å². The van der Waals surface area contributed by atoms with Gasteiger partial charge in [0, 0.05) is 6.54 Å². The molecule has 6 heteroatoms. The van der Waals surface area contributed by atoms with E-state index in [1.54, 1.807) is 6.07 Å². The van der Waals surface area contributed by atoms with Gasteiger partial charge in [0.05, 0.1) is 11.6 Å². The Morgan fingerprint density at radius 2 is 2.10 bits per heavy atom. The number of benzene rings is 1. The van der Waals surface area contributed by atoms with Crippen molar-refractivity contribution >= 4 is 5.91 Å². The average Bonchev–Trinajstić information content (AvgIpc) is 2.47. The summed E-state index contributed by atoms with van der Waals surface area (Å²) in [6, 6.07) is 5.22. The fourth-order valence-corrected chi connectivity index (χ4v) is 2.81. The summed E-state index contributed by atoms with van der Waals surface area (Å²) in [5.74, 6) is -0.400. The molecular formula is C15H19F3N2O. The first-order chi connectivity index (χ1) is 9.93.